The summed E-state index contributed by atoms with van der Waals surface area (Å²) < 4.78 is 0.0527. The van der Waals surface area contributed by atoms with E-state index in [2.05, 4.69) is 0 Å². The molecule has 2 heteroatoms. The van der Waals surface area contributed by atoms with Crippen molar-refractivity contribution in [3.05, 3.63) is 12.2 Å². The molecule has 0 unspecified atom stereocenters. The SMILES string of the molecule is CC1(C)C=CC(=O)S1. The van der Waals surface area contributed by atoms with Gasteiger partial charge in [-0.3, -0.25) is 4.79 Å². The van der Waals surface area contributed by atoms with E-state index in [4.69, 9.17) is 0 Å². The minimum absolute atomic E-state index is 0.0527. The van der Waals surface area contributed by atoms with Crippen LogP contribution in [0.15, 0.2) is 12.2 Å². The number of rotatable bonds is 0. The second-order valence-corrected chi connectivity index (χ2v) is 4.02. The molecule has 0 bridgehead atoms. The molecule has 0 aliphatic carbocycles. The van der Waals surface area contributed by atoms with Crippen LogP contribution in [0.1, 0.15) is 13.8 Å². The zero-order valence-corrected chi connectivity index (χ0v) is 5.79. The minimum atomic E-state index is 0.0527. The Balaban J connectivity index is 2.72. The monoisotopic (exact) mass is 128 g/mol. The Labute approximate surface area is 53.2 Å². The van der Waals surface area contributed by atoms with Crippen molar-refractivity contribution in [2.75, 3.05) is 0 Å². The zero-order chi connectivity index (χ0) is 6.20. The summed E-state index contributed by atoms with van der Waals surface area (Å²) in [5.41, 5.74) is 0. The fraction of sp³-hybridized carbons (Fsp3) is 0.500. The van der Waals surface area contributed by atoms with Crippen molar-refractivity contribution in [1.82, 2.24) is 0 Å². The van der Waals surface area contributed by atoms with Crippen LogP contribution in [-0.4, -0.2) is 9.86 Å². The first-order valence-corrected chi connectivity index (χ1v) is 3.34. The molecule has 1 rings (SSSR count). The molecule has 0 spiro atoms. The molecule has 8 heavy (non-hydrogen) atoms. The Hall–Kier alpha value is -0.240. The van der Waals surface area contributed by atoms with Crippen molar-refractivity contribution in [3.8, 4) is 0 Å². The summed E-state index contributed by atoms with van der Waals surface area (Å²) in [5.74, 6) is 0. The molecule has 0 fully saturated rings. The van der Waals surface area contributed by atoms with Gasteiger partial charge in [0.1, 0.15) is 0 Å². The first-order valence-electron chi connectivity index (χ1n) is 2.52. The Morgan fingerprint density at radius 1 is 1.62 bits per heavy atom. The molecular weight excluding hydrogens is 120 g/mol. The molecule has 0 aromatic heterocycles. The fourth-order valence-corrected chi connectivity index (χ4v) is 1.39. The number of hydrogen-bond acceptors (Lipinski definition) is 2. The smallest absolute Gasteiger partial charge is 0.212 e. The van der Waals surface area contributed by atoms with Gasteiger partial charge in [-0.15, -0.1) is 0 Å². The molecule has 0 saturated carbocycles. The Morgan fingerprint density at radius 3 is 2.38 bits per heavy atom. The van der Waals surface area contributed by atoms with Crippen LogP contribution in [0.4, 0.5) is 0 Å². The number of carbonyl (C=O) groups is 1. The normalized spacial score (nSPS) is 24.5. The summed E-state index contributed by atoms with van der Waals surface area (Å²) >= 11 is 1.37. The lowest BCUT2D eigenvalue weighted by atomic mass is 10.2. The predicted molar refractivity (Wildman–Crippen MR) is 35.8 cm³/mol. The van der Waals surface area contributed by atoms with Crippen molar-refractivity contribution in [2.45, 2.75) is 18.6 Å². The fourth-order valence-electron chi connectivity index (χ4n) is 0.596. The molecule has 1 nitrogen and oxygen atoms in total. The maximum Gasteiger partial charge on any atom is 0.212 e. The first-order chi connectivity index (χ1) is 3.60. The van der Waals surface area contributed by atoms with Crippen molar-refractivity contribution >= 4 is 16.9 Å². The van der Waals surface area contributed by atoms with Gasteiger partial charge in [-0.1, -0.05) is 17.8 Å². The van der Waals surface area contributed by atoms with Gasteiger partial charge in [0.25, 0.3) is 0 Å². The maximum absolute atomic E-state index is 10.5. The molecule has 0 radical (unpaired) electrons. The Kier molecular flexibility index (Phi) is 1.19. The average molecular weight is 128 g/mol. The highest BCUT2D eigenvalue weighted by atomic mass is 32.2. The molecule has 1 heterocycles. The lowest BCUT2D eigenvalue weighted by Gasteiger charge is -2.09. The van der Waals surface area contributed by atoms with Crippen LogP contribution in [-0.2, 0) is 4.79 Å². The van der Waals surface area contributed by atoms with Crippen LogP contribution in [0.3, 0.4) is 0 Å². The number of hydrogen-bond donors (Lipinski definition) is 0. The molecule has 1 aliphatic heterocycles. The van der Waals surface area contributed by atoms with Gasteiger partial charge in [0.15, 0.2) is 0 Å². The molecule has 1 aliphatic rings. The van der Waals surface area contributed by atoms with Crippen molar-refractivity contribution in [2.24, 2.45) is 0 Å². The largest absolute Gasteiger partial charge is 0.282 e. The van der Waals surface area contributed by atoms with Gasteiger partial charge < -0.3 is 0 Å². The molecule has 0 N–H and O–H groups in total. The third-order valence-electron chi connectivity index (χ3n) is 0.984. The highest BCUT2D eigenvalue weighted by Gasteiger charge is 2.23. The molecule has 0 aromatic rings. The minimum Gasteiger partial charge on any atom is -0.282 e. The average Bonchev–Trinajstić information content (AvgIpc) is 1.82. The summed E-state index contributed by atoms with van der Waals surface area (Å²) in [7, 11) is 0. The van der Waals surface area contributed by atoms with E-state index in [0.29, 0.717) is 0 Å². The summed E-state index contributed by atoms with van der Waals surface area (Å²) in [6.45, 7) is 4.05. The Morgan fingerprint density at radius 2 is 2.25 bits per heavy atom. The highest BCUT2D eigenvalue weighted by Crippen LogP contribution is 2.31. The van der Waals surface area contributed by atoms with Crippen molar-refractivity contribution in [3.63, 3.8) is 0 Å². The standard InChI is InChI=1S/C6H8OS/c1-6(2)4-3-5(7)8-6/h3-4H,1-2H3. The van der Waals surface area contributed by atoms with Gasteiger partial charge in [0.05, 0.1) is 0 Å². The first kappa shape index (κ1) is 5.89. The van der Waals surface area contributed by atoms with Crippen LogP contribution in [0.25, 0.3) is 0 Å². The third-order valence-corrected chi connectivity index (χ3v) is 1.98. The second kappa shape index (κ2) is 1.62. The van der Waals surface area contributed by atoms with Crippen LogP contribution in [0.5, 0.6) is 0 Å². The summed E-state index contributed by atoms with van der Waals surface area (Å²) in [6, 6.07) is 0. The number of carbonyl (C=O) groups excluding carboxylic acids is 1. The van der Waals surface area contributed by atoms with Gasteiger partial charge in [-0.05, 0) is 19.9 Å². The van der Waals surface area contributed by atoms with Crippen molar-refractivity contribution in [1.29, 1.82) is 0 Å². The van der Waals surface area contributed by atoms with Crippen LogP contribution in [0, 0.1) is 0 Å². The van der Waals surface area contributed by atoms with E-state index in [1.54, 1.807) is 6.08 Å². The van der Waals surface area contributed by atoms with E-state index >= 15 is 0 Å². The topological polar surface area (TPSA) is 17.1 Å². The van der Waals surface area contributed by atoms with Gasteiger partial charge in [-0.2, -0.15) is 0 Å². The molecule has 0 amide bonds. The predicted octanol–water partition coefficient (Wildman–Crippen LogP) is 1.59. The van der Waals surface area contributed by atoms with E-state index < -0.39 is 0 Å². The van der Waals surface area contributed by atoms with E-state index in [9.17, 15) is 4.79 Å². The molecular formula is C6H8OS. The van der Waals surface area contributed by atoms with Gasteiger partial charge in [-0.25, -0.2) is 0 Å². The summed E-state index contributed by atoms with van der Waals surface area (Å²) in [4.78, 5) is 10.5. The summed E-state index contributed by atoms with van der Waals surface area (Å²) in [6.07, 6.45) is 3.56. The van der Waals surface area contributed by atoms with Crippen LogP contribution in [0.2, 0.25) is 0 Å². The maximum atomic E-state index is 10.5. The second-order valence-electron chi connectivity index (χ2n) is 2.36. The molecule has 0 saturated heterocycles. The van der Waals surface area contributed by atoms with Crippen molar-refractivity contribution < 1.29 is 4.79 Å². The lowest BCUT2D eigenvalue weighted by Crippen LogP contribution is -2.05. The van der Waals surface area contributed by atoms with E-state index in [1.807, 2.05) is 19.9 Å². The van der Waals surface area contributed by atoms with E-state index in [-0.39, 0.29) is 9.86 Å². The quantitative estimate of drug-likeness (QED) is 0.493. The van der Waals surface area contributed by atoms with Gasteiger partial charge in [0, 0.05) is 4.75 Å². The molecule has 0 aromatic carbocycles. The molecule has 44 valence electrons. The van der Waals surface area contributed by atoms with Gasteiger partial charge in [0.2, 0.25) is 5.12 Å². The third kappa shape index (κ3) is 1.13. The lowest BCUT2D eigenvalue weighted by molar-refractivity contribution is -0.106. The van der Waals surface area contributed by atoms with Crippen LogP contribution < -0.4 is 0 Å². The number of thioether (sulfide) groups is 1. The molecule has 0 atom stereocenters. The van der Waals surface area contributed by atoms with Gasteiger partial charge >= 0.3 is 0 Å². The Bertz CT molecular complexity index is 147. The van der Waals surface area contributed by atoms with Crippen LogP contribution >= 0.6 is 11.8 Å². The van der Waals surface area contributed by atoms with E-state index in [0.717, 1.165) is 0 Å². The summed E-state index contributed by atoms with van der Waals surface area (Å²) in [5, 5.41) is 0.176. The zero-order valence-electron chi connectivity index (χ0n) is 4.97. The highest BCUT2D eigenvalue weighted by molar-refractivity contribution is 8.15. The van der Waals surface area contributed by atoms with E-state index in [1.165, 1.54) is 11.8 Å².